The van der Waals surface area contributed by atoms with Crippen LogP contribution in [0.3, 0.4) is 0 Å². The molecular weight excluding hydrogens is 250 g/mol. The number of rotatable bonds is 5. The summed E-state index contributed by atoms with van der Waals surface area (Å²) in [6.45, 7) is 2.85. The van der Waals surface area contributed by atoms with Gasteiger partial charge in [0.2, 0.25) is 0 Å². The zero-order valence-electron chi connectivity index (χ0n) is 12.6. The van der Waals surface area contributed by atoms with E-state index in [1.54, 1.807) is 0 Å². The maximum atomic E-state index is 10.3. The standard InChI is InChI=1S/C17H27NO2/c1-13-7-3-4-8-14(13)16(19)11-12-18(2)15-9-5-6-10-17(15)20/h3-4,7-8,15-17,19-20H,5-6,9-12H2,1-2H3. The van der Waals surface area contributed by atoms with Gasteiger partial charge >= 0.3 is 0 Å². The van der Waals surface area contributed by atoms with Gasteiger partial charge in [0.1, 0.15) is 0 Å². The van der Waals surface area contributed by atoms with Gasteiger partial charge in [-0.25, -0.2) is 0 Å². The van der Waals surface area contributed by atoms with Crippen LogP contribution in [0.15, 0.2) is 24.3 Å². The Morgan fingerprint density at radius 1 is 1.25 bits per heavy atom. The molecule has 3 nitrogen and oxygen atoms in total. The molecule has 1 saturated carbocycles. The molecule has 1 aromatic carbocycles. The number of hydrogen-bond donors (Lipinski definition) is 2. The monoisotopic (exact) mass is 277 g/mol. The van der Waals surface area contributed by atoms with E-state index in [0.717, 1.165) is 36.9 Å². The van der Waals surface area contributed by atoms with Crippen LogP contribution >= 0.6 is 0 Å². The smallest absolute Gasteiger partial charge is 0.0804 e. The molecule has 2 rings (SSSR count). The molecule has 0 amide bonds. The molecule has 112 valence electrons. The first kappa shape index (κ1) is 15.5. The fraction of sp³-hybridized carbons (Fsp3) is 0.647. The van der Waals surface area contributed by atoms with E-state index < -0.39 is 6.10 Å². The van der Waals surface area contributed by atoms with Crippen molar-refractivity contribution in [2.75, 3.05) is 13.6 Å². The largest absolute Gasteiger partial charge is 0.391 e. The Bertz CT molecular complexity index is 421. The molecule has 0 saturated heterocycles. The molecule has 20 heavy (non-hydrogen) atoms. The van der Waals surface area contributed by atoms with E-state index in [9.17, 15) is 10.2 Å². The van der Waals surface area contributed by atoms with E-state index >= 15 is 0 Å². The van der Waals surface area contributed by atoms with E-state index in [0.29, 0.717) is 6.42 Å². The van der Waals surface area contributed by atoms with Gasteiger partial charge in [-0.05, 0) is 44.4 Å². The van der Waals surface area contributed by atoms with Crippen molar-refractivity contribution >= 4 is 0 Å². The minimum atomic E-state index is -0.417. The van der Waals surface area contributed by atoms with Crippen LogP contribution < -0.4 is 0 Å². The average molecular weight is 277 g/mol. The fourth-order valence-corrected chi connectivity index (χ4v) is 3.21. The normalized spacial score (nSPS) is 24.9. The van der Waals surface area contributed by atoms with Gasteiger partial charge in [0.15, 0.2) is 0 Å². The Labute approximate surface area is 122 Å². The van der Waals surface area contributed by atoms with Crippen molar-refractivity contribution in [2.24, 2.45) is 0 Å². The van der Waals surface area contributed by atoms with Crippen LogP contribution in [-0.2, 0) is 0 Å². The molecule has 1 aromatic rings. The number of aliphatic hydroxyl groups excluding tert-OH is 2. The highest BCUT2D eigenvalue weighted by atomic mass is 16.3. The Morgan fingerprint density at radius 3 is 2.65 bits per heavy atom. The number of hydrogen-bond acceptors (Lipinski definition) is 3. The second-order valence-electron chi connectivity index (χ2n) is 6.06. The molecule has 0 bridgehead atoms. The summed E-state index contributed by atoms with van der Waals surface area (Å²) in [7, 11) is 2.06. The van der Waals surface area contributed by atoms with E-state index in [4.69, 9.17) is 0 Å². The highest BCUT2D eigenvalue weighted by molar-refractivity contribution is 5.27. The molecule has 3 unspecified atom stereocenters. The summed E-state index contributed by atoms with van der Waals surface area (Å²) >= 11 is 0. The molecule has 3 heteroatoms. The van der Waals surface area contributed by atoms with Gasteiger partial charge in [0.05, 0.1) is 12.2 Å². The summed E-state index contributed by atoms with van der Waals surface area (Å²) in [6, 6.07) is 8.26. The lowest BCUT2D eigenvalue weighted by molar-refractivity contribution is 0.0252. The van der Waals surface area contributed by atoms with E-state index in [2.05, 4.69) is 11.9 Å². The summed E-state index contributed by atoms with van der Waals surface area (Å²) in [5, 5.41) is 20.4. The molecule has 1 fully saturated rings. The molecule has 0 spiro atoms. The van der Waals surface area contributed by atoms with Gasteiger partial charge in [-0.3, -0.25) is 0 Å². The third-order valence-electron chi connectivity index (χ3n) is 4.56. The Kier molecular flexibility index (Phi) is 5.58. The minimum absolute atomic E-state index is 0.204. The van der Waals surface area contributed by atoms with Crippen molar-refractivity contribution in [3.63, 3.8) is 0 Å². The number of nitrogens with zero attached hydrogens (tertiary/aromatic N) is 1. The van der Waals surface area contributed by atoms with Crippen molar-refractivity contribution in [1.29, 1.82) is 0 Å². The van der Waals surface area contributed by atoms with E-state index in [-0.39, 0.29) is 12.1 Å². The summed E-state index contributed by atoms with van der Waals surface area (Å²) in [6.07, 6.45) is 4.41. The van der Waals surface area contributed by atoms with Gasteiger partial charge in [0.25, 0.3) is 0 Å². The van der Waals surface area contributed by atoms with Crippen LogP contribution in [0.25, 0.3) is 0 Å². The highest BCUT2D eigenvalue weighted by Crippen LogP contribution is 2.25. The number of aryl methyl sites for hydroxylation is 1. The van der Waals surface area contributed by atoms with Crippen LogP contribution in [-0.4, -0.2) is 40.9 Å². The average Bonchev–Trinajstić information content (AvgIpc) is 2.45. The number of aliphatic hydroxyl groups is 2. The lowest BCUT2D eigenvalue weighted by Crippen LogP contribution is -2.43. The predicted octanol–water partition coefficient (Wildman–Crippen LogP) is 2.65. The summed E-state index contributed by atoms with van der Waals surface area (Å²) < 4.78 is 0. The summed E-state index contributed by atoms with van der Waals surface area (Å²) in [5.74, 6) is 0. The van der Waals surface area contributed by atoms with Crippen LogP contribution in [0.2, 0.25) is 0 Å². The minimum Gasteiger partial charge on any atom is -0.391 e. The predicted molar refractivity (Wildman–Crippen MR) is 81.6 cm³/mol. The maximum absolute atomic E-state index is 10.3. The lowest BCUT2D eigenvalue weighted by atomic mass is 9.91. The third-order valence-corrected chi connectivity index (χ3v) is 4.56. The number of benzene rings is 1. The molecule has 0 aromatic heterocycles. The van der Waals surface area contributed by atoms with E-state index in [1.165, 1.54) is 6.42 Å². The molecule has 1 aliphatic carbocycles. The zero-order valence-corrected chi connectivity index (χ0v) is 12.6. The van der Waals surface area contributed by atoms with E-state index in [1.807, 2.05) is 31.2 Å². The van der Waals surface area contributed by atoms with Gasteiger partial charge < -0.3 is 15.1 Å². The Morgan fingerprint density at radius 2 is 1.95 bits per heavy atom. The van der Waals surface area contributed by atoms with Crippen molar-refractivity contribution in [3.8, 4) is 0 Å². The topological polar surface area (TPSA) is 43.7 Å². The van der Waals surface area contributed by atoms with Crippen LogP contribution in [0.1, 0.15) is 49.3 Å². The molecule has 1 aliphatic rings. The first-order chi connectivity index (χ1) is 9.59. The summed E-state index contributed by atoms with van der Waals surface area (Å²) in [4.78, 5) is 2.21. The lowest BCUT2D eigenvalue weighted by Gasteiger charge is -2.35. The van der Waals surface area contributed by atoms with Crippen LogP contribution in [0.5, 0.6) is 0 Å². The first-order valence-electron chi connectivity index (χ1n) is 7.71. The second kappa shape index (κ2) is 7.21. The molecular formula is C17H27NO2. The van der Waals surface area contributed by atoms with Crippen LogP contribution in [0, 0.1) is 6.92 Å². The highest BCUT2D eigenvalue weighted by Gasteiger charge is 2.26. The Hall–Kier alpha value is -0.900. The quantitative estimate of drug-likeness (QED) is 0.869. The van der Waals surface area contributed by atoms with Crippen molar-refractivity contribution in [3.05, 3.63) is 35.4 Å². The van der Waals surface area contributed by atoms with Crippen LogP contribution in [0.4, 0.5) is 0 Å². The molecule has 0 aliphatic heterocycles. The van der Waals surface area contributed by atoms with Crippen molar-refractivity contribution in [2.45, 2.75) is 57.3 Å². The number of likely N-dealkylation sites (N-methyl/N-ethyl adjacent to an activating group) is 1. The third kappa shape index (κ3) is 3.81. The fourth-order valence-electron chi connectivity index (χ4n) is 3.21. The molecule has 0 heterocycles. The van der Waals surface area contributed by atoms with Gasteiger partial charge in [-0.2, -0.15) is 0 Å². The van der Waals surface area contributed by atoms with Crippen molar-refractivity contribution < 1.29 is 10.2 Å². The molecule has 0 radical (unpaired) electrons. The Balaban J connectivity index is 1.86. The summed E-state index contributed by atoms with van der Waals surface area (Å²) in [5.41, 5.74) is 2.16. The maximum Gasteiger partial charge on any atom is 0.0804 e. The van der Waals surface area contributed by atoms with Gasteiger partial charge in [0, 0.05) is 12.6 Å². The SMILES string of the molecule is Cc1ccccc1C(O)CCN(C)C1CCCCC1O. The molecule has 3 atom stereocenters. The first-order valence-corrected chi connectivity index (χ1v) is 7.71. The molecule has 2 N–H and O–H groups in total. The van der Waals surface area contributed by atoms with Gasteiger partial charge in [-0.1, -0.05) is 37.1 Å². The second-order valence-corrected chi connectivity index (χ2v) is 6.06. The van der Waals surface area contributed by atoms with Crippen molar-refractivity contribution in [1.82, 2.24) is 4.90 Å². The zero-order chi connectivity index (χ0) is 14.5. The van der Waals surface area contributed by atoms with Gasteiger partial charge in [-0.15, -0.1) is 0 Å².